The third kappa shape index (κ3) is 4.91. The predicted octanol–water partition coefficient (Wildman–Crippen LogP) is 5.14. The molecule has 0 aliphatic heterocycles. The van der Waals surface area contributed by atoms with Crippen molar-refractivity contribution >= 4 is 17.9 Å². The summed E-state index contributed by atoms with van der Waals surface area (Å²) in [4.78, 5) is 36.4. The van der Waals surface area contributed by atoms with Crippen LogP contribution < -0.4 is 4.74 Å². The second-order valence-electron chi connectivity index (χ2n) is 11.2. The van der Waals surface area contributed by atoms with E-state index in [1.807, 2.05) is 24.3 Å². The van der Waals surface area contributed by atoms with Gasteiger partial charge in [-0.25, -0.2) is 0 Å². The third-order valence-corrected chi connectivity index (χ3v) is 8.77. The molecule has 2 aromatic carbocycles. The van der Waals surface area contributed by atoms with Crippen molar-refractivity contribution in [3.63, 3.8) is 0 Å². The number of aryl methyl sites for hydroxylation is 1. The Morgan fingerprint density at radius 1 is 0.868 bits per heavy atom. The van der Waals surface area contributed by atoms with E-state index in [-0.39, 0.29) is 17.8 Å². The zero-order valence-electron chi connectivity index (χ0n) is 22.5. The molecule has 0 amide bonds. The molecular formula is C31H36O7. The molecule has 3 unspecified atom stereocenters. The van der Waals surface area contributed by atoms with Gasteiger partial charge in [0, 0.05) is 32.1 Å². The Morgan fingerprint density at radius 2 is 1.55 bits per heavy atom. The summed E-state index contributed by atoms with van der Waals surface area (Å²) in [5, 5.41) is 0. The highest BCUT2D eigenvalue weighted by Crippen LogP contribution is 2.62. The van der Waals surface area contributed by atoms with Crippen LogP contribution in [-0.4, -0.2) is 36.2 Å². The molecule has 0 aromatic heterocycles. The van der Waals surface area contributed by atoms with Crippen LogP contribution in [0.15, 0.2) is 48.5 Å². The van der Waals surface area contributed by atoms with Gasteiger partial charge in [0.2, 0.25) is 0 Å². The van der Waals surface area contributed by atoms with Crippen LogP contribution in [0.1, 0.15) is 69.6 Å². The summed E-state index contributed by atoms with van der Waals surface area (Å²) in [6.07, 6.45) is 1.27. The van der Waals surface area contributed by atoms with E-state index >= 15 is 0 Å². The van der Waals surface area contributed by atoms with Crippen molar-refractivity contribution in [2.24, 2.45) is 17.3 Å². The molecule has 0 spiro atoms. The Bertz CT molecular complexity index is 1210. The average molecular weight is 521 g/mol. The number of benzene rings is 2. The zero-order chi connectivity index (χ0) is 27.0. The van der Waals surface area contributed by atoms with Crippen LogP contribution in [0.3, 0.4) is 0 Å². The maximum atomic E-state index is 12.2. The minimum Gasteiger partial charge on any atom is -0.489 e. The number of hydrogen-bond donors (Lipinski definition) is 0. The Hall–Kier alpha value is -3.35. The van der Waals surface area contributed by atoms with Gasteiger partial charge in [-0.1, -0.05) is 43.3 Å². The Labute approximate surface area is 223 Å². The largest absolute Gasteiger partial charge is 0.489 e. The van der Waals surface area contributed by atoms with Crippen molar-refractivity contribution in [1.82, 2.24) is 0 Å². The average Bonchev–Trinajstić information content (AvgIpc) is 3.09. The van der Waals surface area contributed by atoms with Gasteiger partial charge in [-0.05, 0) is 66.3 Å². The van der Waals surface area contributed by atoms with Crippen LogP contribution in [0, 0.1) is 17.3 Å². The standard InChI is InChI=1S/C31H36O7/c1-18(32)36-28-27-26-12-10-22-16-23(35-17-21-8-6-5-7-9-21)11-13-24(22)25(26)14-15-31(27,4)30(38-20(3)34)29(28)37-19(2)33/h5-9,11,13,16,25-30H,10,12,14-15,17H2,1-4H3/t25-,26-,27-,28?,29?,30?,31+/m1/s1. The number of ether oxygens (including phenoxy) is 4. The van der Waals surface area contributed by atoms with E-state index in [1.54, 1.807) is 0 Å². The molecule has 0 N–H and O–H groups in total. The molecule has 3 aliphatic carbocycles. The molecule has 7 nitrogen and oxygen atoms in total. The van der Waals surface area contributed by atoms with Gasteiger partial charge in [-0.15, -0.1) is 0 Å². The molecule has 5 rings (SSSR count). The summed E-state index contributed by atoms with van der Waals surface area (Å²) in [6.45, 7) is 6.68. The topological polar surface area (TPSA) is 88.1 Å². The van der Waals surface area contributed by atoms with Crippen LogP contribution in [-0.2, 0) is 41.6 Å². The highest BCUT2D eigenvalue weighted by atomic mass is 16.6. The van der Waals surface area contributed by atoms with Crippen molar-refractivity contribution in [2.75, 3.05) is 0 Å². The first kappa shape index (κ1) is 26.3. The lowest BCUT2D eigenvalue weighted by Crippen LogP contribution is -2.47. The molecule has 7 atom stereocenters. The van der Waals surface area contributed by atoms with Gasteiger partial charge in [0.05, 0.1) is 0 Å². The number of hydrogen-bond acceptors (Lipinski definition) is 7. The van der Waals surface area contributed by atoms with E-state index in [4.69, 9.17) is 18.9 Å². The summed E-state index contributed by atoms with van der Waals surface area (Å²) < 4.78 is 23.5. The molecule has 0 bridgehead atoms. The lowest BCUT2D eigenvalue weighted by Gasteiger charge is -2.50. The van der Waals surface area contributed by atoms with E-state index in [9.17, 15) is 14.4 Å². The molecule has 3 aliphatic rings. The second kappa shape index (κ2) is 10.4. The number of carbonyl (C=O) groups excluding carboxylic acids is 3. The lowest BCUT2D eigenvalue weighted by atomic mass is 9.55. The van der Waals surface area contributed by atoms with Crippen molar-refractivity contribution in [3.8, 4) is 5.75 Å². The van der Waals surface area contributed by atoms with E-state index < -0.39 is 41.6 Å². The lowest BCUT2D eigenvalue weighted by molar-refractivity contribution is -0.178. The van der Waals surface area contributed by atoms with Crippen molar-refractivity contribution < 1.29 is 33.3 Å². The van der Waals surface area contributed by atoms with Crippen LogP contribution in [0.4, 0.5) is 0 Å². The smallest absolute Gasteiger partial charge is 0.303 e. The van der Waals surface area contributed by atoms with Gasteiger partial charge >= 0.3 is 17.9 Å². The van der Waals surface area contributed by atoms with Gasteiger partial charge in [-0.2, -0.15) is 0 Å². The minimum atomic E-state index is -0.829. The molecule has 0 saturated heterocycles. The molecule has 0 heterocycles. The summed E-state index contributed by atoms with van der Waals surface area (Å²) in [7, 11) is 0. The Morgan fingerprint density at radius 3 is 2.24 bits per heavy atom. The summed E-state index contributed by atoms with van der Waals surface area (Å²) in [6, 6.07) is 16.5. The van der Waals surface area contributed by atoms with Crippen LogP contribution in [0.2, 0.25) is 0 Å². The predicted molar refractivity (Wildman–Crippen MR) is 139 cm³/mol. The van der Waals surface area contributed by atoms with Gasteiger partial charge in [-0.3, -0.25) is 14.4 Å². The number of esters is 3. The van der Waals surface area contributed by atoms with Gasteiger partial charge in [0.25, 0.3) is 0 Å². The summed E-state index contributed by atoms with van der Waals surface area (Å²) in [5.41, 5.74) is 3.23. The summed E-state index contributed by atoms with van der Waals surface area (Å²) >= 11 is 0. The molecule has 38 heavy (non-hydrogen) atoms. The van der Waals surface area contributed by atoms with Crippen molar-refractivity contribution in [1.29, 1.82) is 0 Å². The number of fused-ring (bicyclic) bond motifs is 5. The van der Waals surface area contributed by atoms with Gasteiger partial charge < -0.3 is 18.9 Å². The molecule has 2 saturated carbocycles. The van der Waals surface area contributed by atoms with Gasteiger partial charge in [0.15, 0.2) is 6.10 Å². The SMILES string of the molecule is CC(=O)OC1C(OC(C)=O)[C@H]2[C@@H]3CCc4cc(OCc5ccccc5)ccc4[C@H]3CC[C@]2(C)C1OC(C)=O. The fraction of sp³-hybridized carbons (Fsp3) is 0.516. The van der Waals surface area contributed by atoms with E-state index in [0.717, 1.165) is 37.0 Å². The van der Waals surface area contributed by atoms with Crippen molar-refractivity contribution in [3.05, 3.63) is 65.2 Å². The highest BCUT2D eigenvalue weighted by molar-refractivity contribution is 5.69. The van der Waals surface area contributed by atoms with Crippen LogP contribution in [0.25, 0.3) is 0 Å². The van der Waals surface area contributed by atoms with Crippen molar-refractivity contribution in [2.45, 2.75) is 84.2 Å². The Kier molecular flexibility index (Phi) is 7.21. The first-order valence-corrected chi connectivity index (χ1v) is 13.5. The maximum Gasteiger partial charge on any atom is 0.303 e. The molecule has 2 aromatic rings. The van der Waals surface area contributed by atoms with E-state index in [0.29, 0.717) is 6.61 Å². The second-order valence-corrected chi connectivity index (χ2v) is 11.2. The normalized spacial score (nSPS) is 31.3. The Balaban J connectivity index is 1.44. The third-order valence-electron chi connectivity index (χ3n) is 8.77. The first-order chi connectivity index (χ1) is 18.2. The number of rotatable bonds is 6. The van der Waals surface area contributed by atoms with Gasteiger partial charge in [0.1, 0.15) is 24.6 Å². The number of carbonyl (C=O) groups is 3. The van der Waals surface area contributed by atoms with Crippen LogP contribution >= 0.6 is 0 Å². The first-order valence-electron chi connectivity index (χ1n) is 13.5. The van der Waals surface area contributed by atoms with E-state index in [1.165, 1.54) is 31.9 Å². The monoisotopic (exact) mass is 520 g/mol. The summed E-state index contributed by atoms with van der Waals surface area (Å²) in [5.74, 6) is -0.144. The molecule has 7 heteroatoms. The van der Waals surface area contributed by atoms with Crippen LogP contribution in [0.5, 0.6) is 5.75 Å². The van der Waals surface area contributed by atoms with E-state index in [2.05, 4.69) is 31.2 Å². The molecule has 0 radical (unpaired) electrons. The molecule has 202 valence electrons. The highest BCUT2D eigenvalue weighted by Gasteiger charge is 2.67. The quantitative estimate of drug-likeness (QED) is 0.385. The maximum absolute atomic E-state index is 12.2. The fourth-order valence-corrected chi connectivity index (χ4v) is 7.40. The molecular weight excluding hydrogens is 484 g/mol. The molecule has 2 fully saturated rings. The minimum absolute atomic E-state index is 0.110. The zero-order valence-corrected chi connectivity index (χ0v) is 22.5. The fourth-order valence-electron chi connectivity index (χ4n) is 7.40.